The molecule has 0 saturated carbocycles. The second-order valence-electron chi connectivity index (χ2n) is 11.6. The van der Waals surface area contributed by atoms with Gasteiger partial charge in [0.25, 0.3) is 5.56 Å². The number of fused-ring (bicyclic) bond motifs is 1. The van der Waals surface area contributed by atoms with Gasteiger partial charge in [-0.2, -0.15) is 5.26 Å². The van der Waals surface area contributed by atoms with Gasteiger partial charge in [0.15, 0.2) is 16.3 Å². The highest BCUT2D eigenvalue weighted by Crippen LogP contribution is 2.40. The fourth-order valence-corrected chi connectivity index (χ4v) is 7.26. The molecule has 0 radical (unpaired) electrons. The van der Waals surface area contributed by atoms with E-state index in [0.717, 1.165) is 34.0 Å². The molecule has 0 bridgehead atoms. The minimum Gasteiger partial charge on any atom is -0.493 e. The Hall–Kier alpha value is -5.86. The Balaban J connectivity index is 1.37. The highest BCUT2D eigenvalue weighted by molar-refractivity contribution is 7.07. The molecule has 254 valence electrons. The predicted octanol–water partition coefficient (Wildman–Crippen LogP) is 5.67. The van der Waals surface area contributed by atoms with Crippen molar-refractivity contribution in [3.63, 3.8) is 0 Å². The van der Waals surface area contributed by atoms with Gasteiger partial charge in [0.1, 0.15) is 18.4 Å². The molecule has 0 saturated heterocycles. The number of ether oxygens (including phenoxy) is 4. The molecule has 3 heterocycles. The molecule has 10 nitrogen and oxygen atoms in total. The number of carbonyl (C=O) groups is 1. The summed E-state index contributed by atoms with van der Waals surface area (Å²) in [6, 6.07) is 23.8. The van der Waals surface area contributed by atoms with E-state index < -0.39 is 12.0 Å². The lowest BCUT2D eigenvalue weighted by Gasteiger charge is -2.26. The Morgan fingerprint density at radius 1 is 1.02 bits per heavy atom. The number of nitrogens with zero attached hydrogens (tertiary/aromatic N) is 4. The highest BCUT2D eigenvalue weighted by Gasteiger charge is 2.36. The number of allylic oxidation sites excluding steroid dienone is 1. The Kier molecular flexibility index (Phi) is 9.74. The number of rotatable bonds is 10. The van der Waals surface area contributed by atoms with Gasteiger partial charge in [-0.1, -0.05) is 35.6 Å². The number of esters is 1. The van der Waals surface area contributed by atoms with Crippen LogP contribution in [-0.4, -0.2) is 35.9 Å². The van der Waals surface area contributed by atoms with Crippen LogP contribution in [0, 0.1) is 25.2 Å². The molecule has 1 unspecified atom stereocenters. The normalized spacial score (nSPS) is 14.1. The maximum atomic E-state index is 14.3. The second kappa shape index (κ2) is 14.3. The Labute approximate surface area is 293 Å². The van der Waals surface area contributed by atoms with Crippen LogP contribution >= 0.6 is 11.3 Å². The summed E-state index contributed by atoms with van der Waals surface area (Å²) in [5, 5.41) is 9.02. The van der Waals surface area contributed by atoms with E-state index in [1.54, 1.807) is 49.8 Å². The molecule has 0 N–H and O–H groups in total. The van der Waals surface area contributed by atoms with Crippen LogP contribution in [0.3, 0.4) is 0 Å². The summed E-state index contributed by atoms with van der Waals surface area (Å²) in [5.74, 6) is 1.07. The molecule has 50 heavy (non-hydrogen) atoms. The van der Waals surface area contributed by atoms with E-state index in [1.807, 2.05) is 68.5 Å². The van der Waals surface area contributed by atoms with E-state index >= 15 is 0 Å². The average molecular weight is 689 g/mol. The summed E-state index contributed by atoms with van der Waals surface area (Å²) in [7, 11) is 3.07. The largest absolute Gasteiger partial charge is 0.493 e. The first-order chi connectivity index (χ1) is 24.2. The number of hydrogen-bond acceptors (Lipinski definition) is 9. The standard InChI is InChI=1S/C39H36N4O6S/c1-7-48-38(45)34-24(3)41-39-43(35(34)31-9-8-10-32(46-5)36(31)47-6)37(44)33(50-39)20-28-19-23(2)42(25(28)4)29-15-17-30(18-16-29)49-22-27-13-11-26(21-40)12-14-27/h8-20,35H,7,22H2,1-6H3/b33-20-. The van der Waals surface area contributed by atoms with Crippen LogP contribution < -0.4 is 29.1 Å². The minimum atomic E-state index is -0.845. The lowest BCUT2D eigenvalue weighted by atomic mass is 9.94. The van der Waals surface area contributed by atoms with E-state index in [4.69, 9.17) is 29.2 Å². The summed E-state index contributed by atoms with van der Waals surface area (Å²) >= 11 is 1.26. The van der Waals surface area contributed by atoms with Gasteiger partial charge in [-0.3, -0.25) is 9.36 Å². The number of benzene rings is 3. The van der Waals surface area contributed by atoms with Crippen LogP contribution in [0.2, 0.25) is 0 Å². The predicted molar refractivity (Wildman–Crippen MR) is 191 cm³/mol. The van der Waals surface area contributed by atoms with Gasteiger partial charge >= 0.3 is 5.97 Å². The number of thiazole rings is 1. The second-order valence-corrected chi connectivity index (χ2v) is 12.6. The van der Waals surface area contributed by atoms with E-state index in [1.165, 1.54) is 18.4 Å². The Morgan fingerprint density at radius 2 is 1.76 bits per heavy atom. The summed E-state index contributed by atoms with van der Waals surface area (Å²) < 4.78 is 26.9. The first-order valence-electron chi connectivity index (χ1n) is 16.0. The number of hydrogen-bond donors (Lipinski definition) is 0. The van der Waals surface area contributed by atoms with Crippen molar-refractivity contribution in [3.05, 3.63) is 137 Å². The molecule has 0 aliphatic carbocycles. The maximum absolute atomic E-state index is 14.3. The first kappa shape index (κ1) is 34.0. The Bertz CT molecular complexity index is 2340. The molecule has 1 atom stereocenters. The highest BCUT2D eigenvalue weighted by atomic mass is 32.1. The van der Waals surface area contributed by atoms with Gasteiger partial charge in [0.2, 0.25) is 0 Å². The van der Waals surface area contributed by atoms with Gasteiger partial charge in [-0.15, -0.1) is 0 Å². The van der Waals surface area contributed by atoms with Crippen molar-refractivity contribution in [1.29, 1.82) is 5.26 Å². The molecular formula is C39H36N4O6S. The van der Waals surface area contributed by atoms with E-state index in [9.17, 15) is 9.59 Å². The van der Waals surface area contributed by atoms with Crippen LogP contribution in [-0.2, 0) is 16.1 Å². The van der Waals surface area contributed by atoms with Gasteiger partial charge in [0.05, 0.1) is 48.3 Å². The lowest BCUT2D eigenvalue weighted by Crippen LogP contribution is -2.40. The third-order valence-electron chi connectivity index (χ3n) is 8.59. The number of methoxy groups -OCH3 is 2. The summed E-state index contributed by atoms with van der Waals surface area (Å²) in [6.45, 7) is 8.08. The van der Waals surface area contributed by atoms with Gasteiger partial charge in [-0.05, 0) is 93.4 Å². The van der Waals surface area contributed by atoms with E-state index in [0.29, 0.717) is 44.3 Å². The SMILES string of the molecule is CCOC(=O)C1=C(C)N=c2s/c(=C\c3cc(C)n(-c4ccc(OCc5ccc(C#N)cc5)cc4)c3C)c(=O)n2C1c1cccc(OC)c1OC. The number of aryl methyl sites for hydroxylation is 1. The van der Waals surface area contributed by atoms with Crippen molar-refractivity contribution in [1.82, 2.24) is 9.13 Å². The molecule has 2 aromatic heterocycles. The molecule has 0 fully saturated rings. The van der Waals surface area contributed by atoms with E-state index in [2.05, 4.69) is 10.6 Å². The molecule has 5 aromatic rings. The fraction of sp³-hybridized carbons (Fsp3) is 0.231. The van der Waals surface area contributed by atoms with Crippen molar-refractivity contribution in [2.75, 3.05) is 20.8 Å². The number of para-hydroxylation sites is 1. The zero-order valence-corrected chi connectivity index (χ0v) is 29.5. The fourth-order valence-electron chi connectivity index (χ4n) is 6.22. The third-order valence-corrected chi connectivity index (χ3v) is 9.57. The van der Waals surface area contributed by atoms with Crippen LogP contribution in [0.25, 0.3) is 11.8 Å². The molecule has 11 heteroatoms. The molecule has 6 rings (SSSR count). The van der Waals surface area contributed by atoms with Crippen LogP contribution in [0.15, 0.2) is 93.9 Å². The summed E-state index contributed by atoms with van der Waals surface area (Å²) in [6.07, 6.45) is 1.88. The van der Waals surface area contributed by atoms with Crippen LogP contribution in [0.1, 0.15) is 53.5 Å². The molecule has 0 spiro atoms. The van der Waals surface area contributed by atoms with Crippen molar-refractivity contribution >= 4 is 23.4 Å². The van der Waals surface area contributed by atoms with Crippen LogP contribution in [0.5, 0.6) is 17.2 Å². The first-order valence-corrected chi connectivity index (χ1v) is 16.8. The Morgan fingerprint density at radius 3 is 2.42 bits per heavy atom. The average Bonchev–Trinajstić information content (AvgIpc) is 3.59. The molecule has 0 amide bonds. The third kappa shape index (κ3) is 6.33. The van der Waals surface area contributed by atoms with E-state index in [-0.39, 0.29) is 17.7 Å². The molecule has 1 aliphatic rings. The molecule has 1 aliphatic heterocycles. The topological polar surface area (TPSA) is 117 Å². The summed E-state index contributed by atoms with van der Waals surface area (Å²) in [5.41, 5.74) is 6.39. The quantitative estimate of drug-likeness (QED) is 0.174. The van der Waals surface area contributed by atoms with Crippen LogP contribution in [0.4, 0.5) is 0 Å². The zero-order valence-electron chi connectivity index (χ0n) is 28.6. The van der Waals surface area contributed by atoms with Gasteiger partial charge < -0.3 is 23.5 Å². The molecular weight excluding hydrogens is 653 g/mol. The van der Waals surface area contributed by atoms with Crippen molar-refractivity contribution in [2.45, 2.75) is 40.3 Å². The van der Waals surface area contributed by atoms with Gasteiger partial charge in [-0.25, -0.2) is 9.79 Å². The zero-order chi connectivity index (χ0) is 35.5. The minimum absolute atomic E-state index is 0.173. The summed E-state index contributed by atoms with van der Waals surface area (Å²) in [4.78, 5) is 32.8. The number of carbonyl (C=O) groups excluding carboxylic acids is 1. The van der Waals surface area contributed by atoms with Crippen molar-refractivity contribution in [2.24, 2.45) is 4.99 Å². The maximum Gasteiger partial charge on any atom is 0.338 e. The van der Waals surface area contributed by atoms with Gasteiger partial charge in [0, 0.05) is 22.6 Å². The molecule has 3 aromatic carbocycles. The van der Waals surface area contributed by atoms with Crippen molar-refractivity contribution < 1.29 is 23.7 Å². The van der Waals surface area contributed by atoms with Crippen molar-refractivity contribution in [3.8, 4) is 29.0 Å². The number of aromatic nitrogens is 2. The number of nitriles is 1. The smallest absolute Gasteiger partial charge is 0.338 e. The lowest BCUT2D eigenvalue weighted by molar-refractivity contribution is -0.139. The monoisotopic (exact) mass is 688 g/mol.